The molecule has 0 bridgehead atoms. The van der Waals surface area contributed by atoms with E-state index in [0.29, 0.717) is 6.54 Å². The van der Waals surface area contributed by atoms with Crippen LogP contribution in [0.5, 0.6) is 0 Å². The number of hydrogen-bond donors (Lipinski definition) is 2. The van der Waals surface area contributed by atoms with E-state index in [1.54, 1.807) is 22.4 Å². The summed E-state index contributed by atoms with van der Waals surface area (Å²) in [5, 5.41) is 25.1. The van der Waals surface area contributed by atoms with Crippen LogP contribution in [0.1, 0.15) is 47.5 Å². The number of rotatable bonds is 6. The van der Waals surface area contributed by atoms with E-state index in [-0.39, 0.29) is 5.41 Å². The van der Waals surface area contributed by atoms with Gasteiger partial charge in [0.25, 0.3) is 0 Å². The Balaban J connectivity index is 0.000000189. The molecule has 0 saturated carbocycles. The first-order chi connectivity index (χ1) is 15.8. The van der Waals surface area contributed by atoms with Gasteiger partial charge in [-0.2, -0.15) is 0 Å². The molecule has 33 heavy (non-hydrogen) atoms. The molecule has 0 saturated heterocycles. The molecule has 0 atom stereocenters. The van der Waals surface area contributed by atoms with Crippen molar-refractivity contribution in [3.8, 4) is 0 Å². The summed E-state index contributed by atoms with van der Waals surface area (Å²) in [6.07, 6.45) is 0. The van der Waals surface area contributed by atoms with Crippen molar-refractivity contribution in [1.29, 1.82) is 0 Å². The Kier molecular flexibility index (Phi) is 8.77. The van der Waals surface area contributed by atoms with Gasteiger partial charge in [0.15, 0.2) is 0 Å². The highest BCUT2D eigenvalue weighted by molar-refractivity contribution is 7.09. The second-order valence-electron chi connectivity index (χ2n) is 8.55. The van der Waals surface area contributed by atoms with Crippen molar-refractivity contribution in [3.63, 3.8) is 0 Å². The van der Waals surface area contributed by atoms with Crippen LogP contribution in [0, 0.1) is 13.8 Å². The molecule has 0 fully saturated rings. The predicted octanol–water partition coefficient (Wildman–Crippen LogP) is 6.87. The molecule has 6 nitrogen and oxygen atoms in total. The van der Waals surface area contributed by atoms with Crippen LogP contribution in [-0.2, 0) is 18.5 Å². The topological polar surface area (TPSA) is 75.6 Å². The third-order valence-corrected chi connectivity index (χ3v) is 6.66. The van der Waals surface area contributed by atoms with Gasteiger partial charge in [-0.1, -0.05) is 62.7 Å². The van der Waals surface area contributed by atoms with Gasteiger partial charge in [0.05, 0.1) is 23.8 Å². The molecule has 0 aliphatic heterocycles. The van der Waals surface area contributed by atoms with Crippen LogP contribution >= 0.6 is 34.3 Å². The van der Waals surface area contributed by atoms with Gasteiger partial charge < -0.3 is 10.6 Å². The summed E-state index contributed by atoms with van der Waals surface area (Å²) in [5.74, 6) is 0. The molecule has 0 aliphatic rings. The molecule has 2 heterocycles. The Labute approximate surface area is 208 Å². The molecule has 2 aromatic carbocycles. The minimum absolute atomic E-state index is 0.0500. The third kappa shape index (κ3) is 7.22. The molecular formula is C24H29ClN6S2. The highest BCUT2D eigenvalue weighted by Crippen LogP contribution is 2.35. The normalized spacial score (nSPS) is 11.0. The van der Waals surface area contributed by atoms with Gasteiger partial charge in [0.2, 0.25) is 0 Å². The van der Waals surface area contributed by atoms with Crippen LogP contribution in [-0.4, -0.2) is 20.4 Å². The number of para-hydroxylation sites is 2. The monoisotopic (exact) mass is 500 g/mol. The maximum absolute atomic E-state index is 6.28. The lowest BCUT2D eigenvalue weighted by Gasteiger charge is -2.24. The second-order valence-corrected chi connectivity index (χ2v) is 10.8. The van der Waals surface area contributed by atoms with E-state index in [4.69, 9.17) is 11.6 Å². The van der Waals surface area contributed by atoms with Crippen molar-refractivity contribution in [2.24, 2.45) is 0 Å². The quantitative estimate of drug-likeness (QED) is 0.301. The average Bonchev–Trinajstić information content (AvgIpc) is 3.46. The Bertz CT molecular complexity index is 1120. The van der Waals surface area contributed by atoms with Crippen LogP contribution in [0.15, 0.2) is 47.4 Å². The standard InChI is InChI=1S/C13H16ClN3S.C11H13N3S/c1-13(2,3)9-5-4-6-10(14)12(9)15-7-11-17-16-8-18-11;1-8-4-3-5-9(2)11(8)12-6-10-14-13-7-15-10/h4-6,8,15H,7H2,1-3H3;3-5,7,12H,6H2,1-2H3. The zero-order chi connectivity index (χ0) is 23.8. The van der Waals surface area contributed by atoms with E-state index in [1.165, 1.54) is 33.7 Å². The van der Waals surface area contributed by atoms with Gasteiger partial charge in [-0.15, -0.1) is 43.1 Å². The smallest absolute Gasteiger partial charge is 0.136 e. The second kappa shape index (κ2) is 11.5. The molecule has 4 rings (SSSR count). The van der Waals surface area contributed by atoms with Crippen molar-refractivity contribution in [3.05, 3.63) is 79.1 Å². The molecule has 0 radical (unpaired) electrons. The molecule has 174 valence electrons. The summed E-state index contributed by atoms with van der Waals surface area (Å²) in [5.41, 5.74) is 9.46. The van der Waals surface area contributed by atoms with E-state index in [0.717, 1.165) is 27.3 Å². The zero-order valence-corrected chi connectivity index (χ0v) is 21.9. The van der Waals surface area contributed by atoms with Gasteiger partial charge in [-0.25, -0.2) is 0 Å². The number of anilines is 2. The molecule has 0 aliphatic carbocycles. The van der Waals surface area contributed by atoms with Gasteiger partial charge in [-0.05, 0) is 42.0 Å². The predicted molar refractivity (Wildman–Crippen MR) is 141 cm³/mol. The number of nitrogens with one attached hydrogen (secondary N) is 2. The SMILES string of the molecule is CC(C)(C)c1cccc(Cl)c1NCc1nncs1.Cc1cccc(C)c1NCc1nncs1. The summed E-state index contributed by atoms with van der Waals surface area (Å²) in [7, 11) is 0. The van der Waals surface area contributed by atoms with Gasteiger partial charge in [-0.3, -0.25) is 0 Å². The number of aromatic nitrogens is 4. The molecule has 0 spiro atoms. The van der Waals surface area contributed by atoms with Gasteiger partial charge in [0, 0.05) is 5.69 Å². The molecule has 2 aromatic heterocycles. The van der Waals surface area contributed by atoms with Crippen molar-refractivity contribution in [2.75, 3.05) is 10.6 Å². The van der Waals surface area contributed by atoms with Crippen molar-refractivity contribution < 1.29 is 0 Å². The fraction of sp³-hybridized carbons (Fsp3) is 0.333. The van der Waals surface area contributed by atoms with E-state index < -0.39 is 0 Å². The fourth-order valence-electron chi connectivity index (χ4n) is 3.30. The highest BCUT2D eigenvalue weighted by atomic mass is 35.5. The Morgan fingerprint density at radius 1 is 0.788 bits per heavy atom. The van der Waals surface area contributed by atoms with Gasteiger partial charge >= 0.3 is 0 Å². The van der Waals surface area contributed by atoms with E-state index in [1.807, 2.05) is 12.1 Å². The first-order valence-electron chi connectivity index (χ1n) is 10.6. The molecular weight excluding hydrogens is 472 g/mol. The molecule has 0 amide bonds. The molecule has 4 aromatic rings. The first-order valence-corrected chi connectivity index (χ1v) is 12.7. The summed E-state index contributed by atoms with van der Waals surface area (Å²) >= 11 is 9.38. The van der Waals surface area contributed by atoms with E-state index >= 15 is 0 Å². The average molecular weight is 501 g/mol. The summed E-state index contributed by atoms with van der Waals surface area (Å²) < 4.78 is 0. The lowest BCUT2D eigenvalue weighted by molar-refractivity contribution is 0.591. The van der Waals surface area contributed by atoms with E-state index in [2.05, 4.69) is 89.9 Å². The largest absolute Gasteiger partial charge is 0.378 e. The molecule has 0 unspecified atom stereocenters. The minimum atomic E-state index is 0.0500. The first kappa shape index (κ1) is 25.1. The van der Waals surface area contributed by atoms with Crippen LogP contribution in [0.3, 0.4) is 0 Å². The zero-order valence-electron chi connectivity index (χ0n) is 19.5. The third-order valence-electron chi connectivity index (χ3n) is 4.95. The van der Waals surface area contributed by atoms with Crippen molar-refractivity contribution in [1.82, 2.24) is 20.4 Å². The van der Waals surface area contributed by atoms with Gasteiger partial charge in [0.1, 0.15) is 21.0 Å². The number of nitrogens with zero attached hydrogens (tertiary/aromatic N) is 4. The molecule has 9 heteroatoms. The number of hydrogen-bond acceptors (Lipinski definition) is 8. The highest BCUT2D eigenvalue weighted by Gasteiger charge is 2.19. The lowest BCUT2D eigenvalue weighted by Crippen LogP contribution is -2.15. The van der Waals surface area contributed by atoms with E-state index in [9.17, 15) is 0 Å². The summed E-state index contributed by atoms with van der Waals surface area (Å²) in [6, 6.07) is 12.3. The van der Waals surface area contributed by atoms with Crippen LogP contribution in [0.2, 0.25) is 5.02 Å². The summed E-state index contributed by atoms with van der Waals surface area (Å²) in [4.78, 5) is 0. The number of aryl methyl sites for hydroxylation is 2. The van der Waals surface area contributed by atoms with Crippen LogP contribution in [0.25, 0.3) is 0 Å². The van der Waals surface area contributed by atoms with Crippen molar-refractivity contribution >= 4 is 45.6 Å². The maximum Gasteiger partial charge on any atom is 0.136 e. The Morgan fingerprint density at radius 3 is 1.79 bits per heavy atom. The Hall–Kier alpha value is -2.55. The van der Waals surface area contributed by atoms with Crippen molar-refractivity contribution in [2.45, 2.75) is 53.1 Å². The minimum Gasteiger partial charge on any atom is -0.378 e. The number of benzene rings is 2. The molecule has 2 N–H and O–H groups in total. The number of halogens is 1. The fourth-order valence-corrected chi connectivity index (χ4v) is 4.47. The van der Waals surface area contributed by atoms with Crippen LogP contribution < -0.4 is 10.6 Å². The lowest BCUT2D eigenvalue weighted by atomic mass is 9.86. The van der Waals surface area contributed by atoms with Crippen LogP contribution in [0.4, 0.5) is 11.4 Å². The Morgan fingerprint density at radius 2 is 1.30 bits per heavy atom. The summed E-state index contributed by atoms with van der Waals surface area (Å²) in [6.45, 7) is 12.1. The maximum atomic E-state index is 6.28.